The van der Waals surface area contributed by atoms with Crippen LogP contribution in [0.25, 0.3) is 0 Å². The summed E-state index contributed by atoms with van der Waals surface area (Å²) in [5, 5.41) is 12.5. The molecule has 1 aromatic carbocycles. The van der Waals surface area contributed by atoms with Crippen LogP contribution in [-0.4, -0.2) is 40.8 Å². The minimum Gasteiger partial charge on any atom is -0.383 e. The monoisotopic (exact) mass is 379 g/mol. The number of nitrogens with zero attached hydrogens (tertiary/aromatic N) is 1. The topological polar surface area (TPSA) is 91.2 Å². The van der Waals surface area contributed by atoms with Crippen molar-refractivity contribution < 1.29 is 13.2 Å². The minimum absolute atomic E-state index is 0. The fourth-order valence-corrected chi connectivity index (χ4v) is 4.19. The lowest BCUT2D eigenvalue weighted by atomic mass is 9.99. The first-order valence-corrected chi connectivity index (χ1v) is 8.72. The summed E-state index contributed by atoms with van der Waals surface area (Å²) in [7, 11) is -2.24. The Kier molecular flexibility index (Phi) is 7.27. The molecule has 1 saturated heterocycles. The summed E-state index contributed by atoms with van der Waals surface area (Å²) in [4.78, 5) is -0.104. The SMILES string of the molecule is COCC1(CNS(=O)(=O)c2cccc(Cl)c2C#N)CCCN1.Cl. The highest BCUT2D eigenvalue weighted by atomic mass is 35.5. The molecule has 1 aliphatic heterocycles. The Morgan fingerprint density at radius 3 is 2.83 bits per heavy atom. The van der Waals surface area contributed by atoms with Gasteiger partial charge in [-0.1, -0.05) is 17.7 Å². The molecule has 1 atom stereocenters. The van der Waals surface area contributed by atoms with Gasteiger partial charge in [-0.15, -0.1) is 12.4 Å². The summed E-state index contributed by atoms with van der Waals surface area (Å²) in [5.74, 6) is 0. The zero-order valence-corrected chi connectivity index (χ0v) is 15.0. The van der Waals surface area contributed by atoms with Crippen LogP contribution in [0.4, 0.5) is 0 Å². The molecule has 0 amide bonds. The van der Waals surface area contributed by atoms with Crippen LogP contribution >= 0.6 is 24.0 Å². The van der Waals surface area contributed by atoms with Crippen LogP contribution in [0.1, 0.15) is 18.4 Å². The second-order valence-corrected chi connectivity index (χ2v) is 7.44. The number of rotatable bonds is 6. The van der Waals surface area contributed by atoms with Gasteiger partial charge in [-0.3, -0.25) is 0 Å². The first-order chi connectivity index (χ1) is 10.4. The van der Waals surface area contributed by atoms with Crippen molar-refractivity contribution in [2.75, 3.05) is 26.8 Å². The van der Waals surface area contributed by atoms with E-state index >= 15 is 0 Å². The molecule has 6 nitrogen and oxygen atoms in total. The van der Waals surface area contributed by atoms with Gasteiger partial charge in [0.2, 0.25) is 10.0 Å². The molecule has 2 N–H and O–H groups in total. The van der Waals surface area contributed by atoms with Crippen molar-refractivity contribution in [3.8, 4) is 6.07 Å². The third kappa shape index (κ3) is 4.57. The molecule has 0 bridgehead atoms. The quantitative estimate of drug-likeness (QED) is 0.784. The Morgan fingerprint density at radius 1 is 1.52 bits per heavy atom. The van der Waals surface area contributed by atoms with E-state index in [2.05, 4.69) is 10.0 Å². The molecule has 0 aliphatic carbocycles. The molecule has 23 heavy (non-hydrogen) atoms. The third-order valence-electron chi connectivity index (χ3n) is 3.73. The maximum atomic E-state index is 12.5. The molecule has 0 aromatic heterocycles. The van der Waals surface area contributed by atoms with Crippen molar-refractivity contribution >= 4 is 34.0 Å². The van der Waals surface area contributed by atoms with E-state index in [9.17, 15) is 8.42 Å². The Bertz CT molecular complexity index is 683. The third-order valence-corrected chi connectivity index (χ3v) is 5.49. The summed E-state index contributed by atoms with van der Waals surface area (Å²) in [6.45, 7) is 1.43. The number of halogens is 2. The van der Waals surface area contributed by atoms with Gasteiger partial charge >= 0.3 is 0 Å². The highest BCUT2D eigenvalue weighted by molar-refractivity contribution is 7.89. The average Bonchev–Trinajstić information content (AvgIpc) is 2.94. The Hall–Kier alpha value is -0.880. The number of hydrogen-bond donors (Lipinski definition) is 2. The van der Waals surface area contributed by atoms with E-state index in [1.165, 1.54) is 18.2 Å². The van der Waals surface area contributed by atoms with Gasteiger partial charge in [0.1, 0.15) is 11.0 Å². The maximum absolute atomic E-state index is 12.5. The molecule has 1 heterocycles. The number of methoxy groups -OCH3 is 1. The van der Waals surface area contributed by atoms with Gasteiger partial charge in [-0.05, 0) is 31.5 Å². The Balaban J connectivity index is 0.00000264. The number of nitriles is 1. The lowest BCUT2D eigenvalue weighted by Gasteiger charge is -2.28. The molecule has 1 aromatic rings. The zero-order valence-electron chi connectivity index (χ0n) is 12.6. The first kappa shape index (κ1) is 20.2. The van der Waals surface area contributed by atoms with Crippen molar-refractivity contribution in [1.29, 1.82) is 5.26 Å². The van der Waals surface area contributed by atoms with Crippen LogP contribution in [0.5, 0.6) is 0 Å². The summed E-state index contributed by atoms with van der Waals surface area (Å²) < 4.78 is 32.7. The van der Waals surface area contributed by atoms with Gasteiger partial charge in [0.15, 0.2) is 0 Å². The number of nitrogens with one attached hydrogen (secondary N) is 2. The van der Waals surface area contributed by atoms with Gasteiger partial charge in [0, 0.05) is 13.7 Å². The molecule has 0 saturated carbocycles. The van der Waals surface area contributed by atoms with E-state index in [0.717, 1.165) is 19.4 Å². The van der Waals surface area contributed by atoms with E-state index < -0.39 is 15.6 Å². The first-order valence-electron chi connectivity index (χ1n) is 6.86. The molecule has 0 spiro atoms. The standard InChI is InChI=1S/C14H18ClN3O3S.ClH/c1-21-10-14(6-3-7-17-14)9-18-22(19,20)13-5-2-4-12(15)11(13)8-16;/h2,4-5,17-18H,3,6-7,9-10H2,1H3;1H. The Morgan fingerprint density at radius 2 is 2.26 bits per heavy atom. The highest BCUT2D eigenvalue weighted by Crippen LogP contribution is 2.24. The van der Waals surface area contributed by atoms with Crippen molar-refractivity contribution in [3.63, 3.8) is 0 Å². The second kappa shape index (κ2) is 8.29. The predicted octanol–water partition coefficient (Wildman–Crippen LogP) is 1.68. The van der Waals surface area contributed by atoms with E-state index in [0.29, 0.717) is 6.61 Å². The predicted molar refractivity (Wildman–Crippen MR) is 90.4 cm³/mol. The Labute approximate surface area is 147 Å². The summed E-state index contributed by atoms with van der Waals surface area (Å²) in [6.07, 6.45) is 1.79. The lowest BCUT2D eigenvalue weighted by Crippen LogP contribution is -2.52. The van der Waals surface area contributed by atoms with E-state index in [-0.39, 0.29) is 34.4 Å². The smallest absolute Gasteiger partial charge is 0.242 e. The van der Waals surface area contributed by atoms with Gasteiger partial charge in [-0.2, -0.15) is 5.26 Å². The van der Waals surface area contributed by atoms with Crippen molar-refractivity contribution in [3.05, 3.63) is 28.8 Å². The van der Waals surface area contributed by atoms with Gasteiger partial charge in [0.25, 0.3) is 0 Å². The van der Waals surface area contributed by atoms with Crippen LogP contribution < -0.4 is 10.0 Å². The fraction of sp³-hybridized carbons (Fsp3) is 0.500. The molecule has 1 unspecified atom stereocenters. The van der Waals surface area contributed by atoms with Crippen molar-refractivity contribution in [2.45, 2.75) is 23.3 Å². The highest BCUT2D eigenvalue weighted by Gasteiger charge is 2.35. The number of ether oxygens (including phenoxy) is 1. The number of benzene rings is 1. The van der Waals surface area contributed by atoms with Gasteiger partial charge in [-0.25, -0.2) is 13.1 Å². The summed E-state index contributed by atoms with van der Waals surface area (Å²) in [6, 6.07) is 6.21. The second-order valence-electron chi connectivity index (χ2n) is 5.29. The largest absolute Gasteiger partial charge is 0.383 e. The van der Waals surface area contributed by atoms with E-state index in [1.807, 2.05) is 6.07 Å². The van der Waals surface area contributed by atoms with Crippen LogP contribution in [0.15, 0.2) is 23.1 Å². The maximum Gasteiger partial charge on any atom is 0.242 e. The molecule has 0 radical (unpaired) electrons. The van der Waals surface area contributed by atoms with E-state index in [1.54, 1.807) is 7.11 Å². The molecular weight excluding hydrogens is 361 g/mol. The van der Waals surface area contributed by atoms with Crippen molar-refractivity contribution in [1.82, 2.24) is 10.0 Å². The molecule has 2 rings (SSSR count). The summed E-state index contributed by atoms with van der Waals surface area (Å²) >= 11 is 5.89. The molecule has 9 heteroatoms. The average molecular weight is 380 g/mol. The normalized spacial score (nSPS) is 20.7. The minimum atomic E-state index is -3.82. The van der Waals surface area contributed by atoms with Crippen LogP contribution in [-0.2, 0) is 14.8 Å². The van der Waals surface area contributed by atoms with Crippen LogP contribution in [0.3, 0.4) is 0 Å². The number of sulfonamides is 1. The number of hydrogen-bond acceptors (Lipinski definition) is 5. The molecule has 1 fully saturated rings. The molecule has 128 valence electrons. The fourth-order valence-electron chi connectivity index (χ4n) is 2.62. The van der Waals surface area contributed by atoms with Crippen LogP contribution in [0.2, 0.25) is 5.02 Å². The molecule has 1 aliphatic rings. The van der Waals surface area contributed by atoms with E-state index in [4.69, 9.17) is 21.6 Å². The van der Waals surface area contributed by atoms with Gasteiger partial charge in [0.05, 0.1) is 22.7 Å². The van der Waals surface area contributed by atoms with Crippen LogP contribution in [0, 0.1) is 11.3 Å². The van der Waals surface area contributed by atoms with Gasteiger partial charge < -0.3 is 10.1 Å². The summed E-state index contributed by atoms with van der Waals surface area (Å²) in [5.41, 5.74) is -0.454. The lowest BCUT2D eigenvalue weighted by molar-refractivity contribution is 0.122. The van der Waals surface area contributed by atoms with Crippen molar-refractivity contribution in [2.24, 2.45) is 0 Å². The zero-order chi connectivity index (χ0) is 16.2. The molecular formula is C14H19Cl2N3O3S.